The average molecular weight is 332 g/mol. The van der Waals surface area contributed by atoms with Gasteiger partial charge in [-0.3, -0.25) is 4.79 Å². The Kier molecular flexibility index (Phi) is 3.74. The molecule has 0 aliphatic carbocycles. The predicted octanol–water partition coefficient (Wildman–Crippen LogP) is 4.18. The van der Waals surface area contributed by atoms with Crippen molar-refractivity contribution in [3.63, 3.8) is 0 Å². The third-order valence-electron chi connectivity index (χ3n) is 3.35. The summed E-state index contributed by atoms with van der Waals surface area (Å²) in [6.45, 7) is 1.52. The van der Waals surface area contributed by atoms with E-state index in [1.807, 2.05) is 42.5 Å². The molecule has 4 heteroatoms. The van der Waals surface area contributed by atoms with E-state index in [9.17, 15) is 4.79 Å². The molecule has 1 aliphatic rings. The number of para-hydroxylation sites is 2. The van der Waals surface area contributed by atoms with Gasteiger partial charge in [0.1, 0.15) is 5.75 Å². The van der Waals surface area contributed by atoms with E-state index in [2.05, 4.69) is 20.8 Å². The molecule has 0 bridgehead atoms. The minimum Gasteiger partial charge on any atom is -0.491 e. The van der Waals surface area contributed by atoms with Gasteiger partial charge in [0.2, 0.25) is 0 Å². The number of ether oxygens (including phenoxy) is 1. The molecule has 0 saturated carbocycles. The molecule has 1 aliphatic heterocycles. The fraction of sp³-hybridized carbons (Fsp3) is 0.188. The van der Waals surface area contributed by atoms with Gasteiger partial charge in [-0.05, 0) is 36.8 Å². The fourth-order valence-electron chi connectivity index (χ4n) is 2.43. The first-order chi connectivity index (χ1) is 9.79. The maximum Gasteiger partial charge on any atom is 0.152 e. The van der Waals surface area contributed by atoms with Crippen molar-refractivity contribution in [3.05, 3.63) is 52.5 Å². The first-order valence-corrected chi connectivity index (χ1v) is 7.33. The number of carbonyl (C=O) groups excluding carboxylic acids is 1. The van der Waals surface area contributed by atoms with E-state index in [4.69, 9.17) is 4.74 Å². The Balaban J connectivity index is 2.14. The molecule has 2 aromatic carbocycles. The Hall–Kier alpha value is -1.81. The second-order valence-electron chi connectivity index (χ2n) is 4.64. The summed E-state index contributed by atoms with van der Waals surface area (Å²) in [5.74, 6) is 0.863. The summed E-state index contributed by atoms with van der Waals surface area (Å²) in [6, 6.07) is 13.6. The van der Waals surface area contributed by atoms with Crippen LogP contribution in [0.25, 0.3) is 0 Å². The average Bonchev–Trinajstić information content (AvgIpc) is 2.69. The molecule has 0 N–H and O–H groups in total. The molecule has 20 heavy (non-hydrogen) atoms. The first kappa shape index (κ1) is 13.2. The minimum atomic E-state index is 0.685. The van der Waals surface area contributed by atoms with Gasteiger partial charge >= 0.3 is 0 Å². The van der Waals surface area contributed by atoms with Gasteiger partial charge in [-0.25, -0.2) is 0 Å². The summed E-state index contributed by atoms with van der Waals surface area (Å²) < 4.78 is 6.72. The van der Waals surface area contributed by atoms with E-state index in [0.29, 0.717) is 12.2 Å². The van der Waals surface area contributed by atoms with E-state index in [1.165, 1.54) is 0 Å². The molecule has 3 rings (SSSR count). The molecule has 2 aromatic rings. The van der Waals surface area contributed by atoms with Gasteiger partial charge in [-0.15, -0.1) is 0 Å². The van der Waals surface area contributed by atoms with E-state index in [0.717, 1.165) is 40.8 Å². The van der Waals surface area contributed by atoms with Crippen LogP contribution < -0.4 is 9.64 Å². The standard InChI is InChI=1S/C16H14BrNO2/c17-13-7-6-12(11-19)15(10-13)18-8-3-9-20-16-5-2-1-4-14(16)18/h1-2,4-7,10-11H,3,8-9H2. The summed E-state index contributed by atoms with van der Waals surface area (Å²) in [5.41, 5.74) is 2.60. The number of aldehydes is 1. The van der Waals surface area contributed by atoms with Crippen LogP contribution >= 0.6 is 15.9 Å². The third-order valence-corrected chi connectivity index (χ3v) is 3.84. The van der Waals surface area contributed by atoms with Gasteiger partial charge in [-0.1, -0.05) is 28.1 Å². The Morgan fingerprint density at radius 2 is 2.00 bits per heavy atom. The second-order valence-corrected chi connectivity index (χ2v) is 5.56. The first-order valence-electron chi connectivity index (χ1n) is 6.53. The number of hydrogen-bond donors (Lipinski definition) is 0. The third kappa shape index (κ3) is 2.43. The van der Waals surface area contributed by atoms with E-state index >= 15 is 0 Å². The molecule has 0 fully saturated rings. The molecule has 0 radical (unpaired) electrons. The zero-order valence-electron chi connectivity index (χ0n) is 10.9. The van der Waals surface area contributed by atoms with Crippen LogP contribution in [0.15, 0.2) is 46.9 Å². The number of rotatable bonds is 2. The van der Waals surface area contributed by atoms with Gasteiger partial charge < -0.3 is 9.64 Å². The summed E-state index contributed by atoms with van der Waals surface area (Å²) in [4.78, 5) is 13.5. The van der Waals surface area contributed by atoms with Crippen LogP contribution in [0.2, 0.25) is 0 Å². The summed E-state index contributed by atoms with van der Waals surface area (Å²) in [6.07, 6.45) is 1.82. The molecule has 0 unspecified atom stereocenters. The molecule has 0 saturated heterocycles. The number of fused-ring (bicyclic) bond motifs is 1. The molecular formula is C16H14BrNO2. The Morgan fingerprint density at radius 3 is 2.85 bits per heavy atom. The predicted molar refractivity (Wildman–Crippen MR) is 83.1 cm³/mol. The highest BCUT2D eigenvalue weighted by Gasteiger charge is 2.19. The van der Waals surface area contributed by atoms with Crippen molar-refractivity contribution in [2.75, 3.05) is 18.1 Å². The lowest BCUT2D eigenvalue weighted by molar-refractivity contribution is 0.112. The van der Waals surface area contributed by atoms with Crippen molar-refractivity contribution >= 4 is 33.6 Å². The lowest BCUT2D eigenvalue weighted by Gasteiger charge is -2.25. The van der Waals surface area contributed by atoms with Gasteiger partial charge in [0, 0.05) is 16.6 Å². The highest BCUT2D eigenvalue weighted by Crippen LogP contribution is 2.37. The number of nitrogens with zero attached hydrogens (tertiary/aromatic N) is 1. The Labute approximate surface area is 126 Å². The van der Waals surface area contributed by atoms with Gasteiger partial charge in [-0.2, -0.15) is 0 Å². The van der Waals surface area contributed by atoms with Crippen molar-refractivity contribution in [1.29, 1.82) is 0 Å². The molecule has 0 aromatic heterocycles. The Bertz CT molecular complexity index is 642. The van der Waals surface area contributed by atoms with Crippen molar-refractivity contribution in [2.45, 2.75) is 6.42 Å². The van der Waals surface area contributed by atoms with E-state index in [-0.39, 0.29) is 0 Å². The zero-order valence-corrected chi connectivity index (χ0v) is 12.5. The smallest absolute Gasteiger partial charge is 0.152 e. The quantitative estimate of drug-likeness (QED) is 0.773. The Morgan fingerprint density at radius 1 is 1.15 bits per heavy atom. The normalized spacial score (nSPS) is 14.2. The monoisotopic (exact) mass is 331 g/mol. The van der Waals surface area contributed by atoms with Crippen LogP contribution in [0, 0.1) is 0 Å². The molecule has 0 spiro atoms. The lowest BCUT2D eigenvalue weighted by Crippen LogP contribution is -2.19. The van der Waals surface area contributed by atoms with Crippen molar-refractivity contribution in [3.8, 4) is 5.75 Å². The molecule has 1 heterocycles. The van der Waals surface area contributed by atoms with Gasteiger partial charge in [0.15, 0.2) is 6.29 Å². The van der Waals surface area contributed by atoms with E-state index in [1.54, 1.807) is 0 Å². The summed E-state index contributed by atoms with van der Waals surface area (Å²) in [7, 11) is 0. The number of halogens is 1. The molecular weight excluding hydrogens is 318 g/mol. The van der Waals surface area contributed by atoms with Crippen molar-refractivity contribution in [2.24, 2.45) is 0 Å². The summed E-state index contributed by atoms with van der Waals surface area (Å²) >= 11 is 3.48. The number of hydrogen-bond acceptors (Lipinski definition) is 3. The maximum absolute atomic E-state index is 11.3. The van der Waals surface area contributed by atoms with Crippen LogP contribution in [-0.2, 0) is 0 Å². The van der Waals surface area contributed by atoms with Crippen LogP contribution in [0.3, 0.4) is 0 Å². The lowest BCUT2D eigenvalue weighted by atomic mass is 10.1. The SMILES string of the molecule is O=Cc1ccc(Br)cc1N1CCCOc2ccccc21. The largest absolute Gasteiger partial charge is 0.491 e. The highest BCUT2D eigenvalue weighted by atomic mass is 79.9. The highest BCUT2D eigenvalue weighted by molar-refractivity contribution is 9.10. The van der Waals surface area contributed by atoms with Crippen LogP contribution in [0.4, 0.5) is 11.4 Å². The van der Waals surface area contributed by atoms with E-state index < -0.39 is 0 Å². The fourth-order valence-corrected chi connectivity index (χ4v) is 2.78. The molecule has 0 amide bonds. The number of carbonyl (C=O) groups is 1. The summed E-state index contributed by atoms with van der Waals surface area (Å²) in [5, 5.41) is 0. The van der Waals surface area contributed by atoms with Crippen LogP contribution in [0.5, 0.6) is 5.75 Å². The zero-order chi connectivity index (χ0) is 13.9. The molecule has 102 valence electrons. The molecule has 3 nitrogen and oxygen atoms in total. The van der Waals surface area contributed by atoms with Crippen molar-refractivity contribution in [1.82, 2.24) is 0 Å². The maximum atomic E-state index is 11.3. The van der Waals surface area contributed by atoms with Crippen LogP contribution in [0.1, 0.15) is 16.8 Å². The molecule has 0 atom stereocenters. The number of benzene rings is 2. The topological polar surface area (TPSA) is 29.5 Å². The van der Waals surface area contributed by atoms with Crippen LogP contribution in [-0.4, -0.2) is 19.4 Å². The van der Waals surface area contributed by atoms with Crippen molar-refractivity contribution < 1.29 is 9.53 Å². The van der Waals surface area contributed by atoms with Gasteiger partial charge in [0.25, 0.3) is 0 Å². The van der Waals surface area contributed by atoms with Gasteiger partial charge in [0.05, 0.1) is 18.0 Å². The second kappa shape index (κ2) is 5.67. The minimum absolute atomic E-state index is 0.685. The number of anilines is 2.